The molecule has 0 unspecified atom stereocenters. The molecule has 2 nitrogen and oxygen atoms in total. The smallest absolute Gasteiger partial charge is 0.255 e. The average Bonchev–Trinajstić information content (AvgIpc) is 2.37. The minimum absolute atomic E-state index is 0.0695. The van der Waals surface area contributed by atoms with Crippen LogP contribution in [0.5, 0.6) is 0 Å². The number of hydrogen-bond acceptors (Lipinski definition) is 1. The molecule has 0 aliphatic rings. The van der Waals surface area contributed by atoms with Crippen molar-refractivity contribution in [1.82, 2.24) is 0 Å². The van der Waals surface area contributed by atoms with Gasteiger partial charge < -0.3 is 5.32 Å². The van der Waals surface area contributed by atoms with Crippen LogP contribution in [0.1, 0.15) is 10.4 Å². The van der Waals surface area contributed by atoms with Gasteiger partial charge in [0.05, 0.1) is 15.2 Å². The maximum atomic E-state index is 13.5. The van der Waals surface area contributed by atoms with Crippen molar-refractivity contribution in [3.8, 4) is 0 Å². The van der Waals surface area contributed by atoms with Gasteiger partial charge in [-0.15, -0.1) is 0 Å². The standard InChI is InChI=1S/C13H7BrClF2NO/c14-8-5-4-7(6-11(8)17)13(19)18-12-9(15)2-1-3-10(12)16/h1-6H,(H,18,19). The predicted octanol–water partition coefficient (Wildman–Crippen LogP) is 4.63. The third-order valence-corrected chi connectivity index (χ3v) is 3.34. The lowest BCUT2D eigenvalue weighted by Gasteiger charge is -2.08. The average molecular weight is 347 g/mol. The molecule has 0 atom stereocenters. The maximum Gasteiger partial charge on any atom is 0.255 e. The highest BCUT2D eigenvalue weighted by molar-refractivity contribution is 9.10. The van der Waals surface area contributed by atoms with Crippen molar-refractivity contribution in [1.29, 1.82) is 0 Å². The molecular weight excluding hydrogens is 340 g/mol. The zero-order chi connectivity index (χ0) is 14.0. The van der Waals surface area contributed by atoms with Crippen molar-refractivity contribution >= 4 is 39.1 Å². The summed E-state index contributed by atoms with van der Waals surface area (Å²) in [7, 11) is 0. The molecule has 19 heavy (non-hydrogen) atoms. The molecule has 0 aromatic heterocycles. The number of hydrogen-bond donors (Lipinski definition) is 1. The Morgan fingerprint density at radius 1 is 1.16 bits per heavy atom. The topological polar surface area (TPSA) is 29.1 Å². The van der Waals surface area contributed by atoms with E-state index in [9.17, 15) is 13.6 Å². The fraction of sp³-hybridized carbons (Fsp3) is 0. The molecule has 0 spiro atoms. The van der Waals surface area contributed by atoms with Crippen LogP contribution in [0, 0.1) is 11.6 Å². The Bertz CT molecular complexity index is 628. The molecule has 1 amide bonds. The van der Waals surface area contributed by atoms with E-state index in [4.69, 9.17) is 11.6 Å². The summed E-state index contributed by atoms with van der Waals surface area (Å²) in [6, 6.07) is 7.90. The number of para-hydroxylation sites is 1. The molecule has 1 N–H and O–H groups in total. The summed E-state index contributed by atoms with van der Waals surface area (Å²) in [5.74, 6) is -1.87. The highest BCUT2D eigenvalue weighted by Gasteiger charge is 2.13. The number of benzene rings is 2. The SMILES string of the molecule is O=C(Nc1c(F)cccc1Cl)c1ccc(Br)c(F)c1. The third-order valence-electron chi connectivity index (χ3n) is 2.38. The van der Waals surface area contributed by atoms with Crippen LogP contribution in [-0.4, -0.2) is 5.91 Å². The van der Waals surface area contributed by atoms with Crippen LogP contribution in [0.3, 0.4) is 0 Å². The van der Waals surface area contributed by atoms with Gasteiger partial charge in [0.1, 0.15) is 11.6 Å². The number of anilines is 1. The fourth-order valence-electron chi connectivity index (χ4n) is 1.44. The Morgan fingerprint density at radius 2 is 1.89 bits per heavy atom. The van der Waals surface area contributed by atoms with Crippen molar-refractivity contribution in [2.45, 2.75) is 0 Å². The number of halogens is 4. The number of nitrogens with one attached hydrogen (secondary N) is 1. The van der Waals surface area contributed by atoms with Crippen LogP contribution in [0.2, 0.25) is 5.02 Å². The molecule has 6 heteroatoms. The molecule has 2 rings (SSSR count). The second kappa shape index (κ2) is 5.67. The first kappa shape index (κ1) is 14.0. The Morgan fingerprint density at radius 3 is 2.53 bits per heavy atom. The monoisotopic (exact) mass is 345 g/mol. The summed E-state index contributed by atoms with van der Waals surface area (Å²) in [6.07, 6.45) is 0. The number of amides is 1. The molecular formula is C13H7BrClF2NO. The first-order valence-corrected chi connectivity index (χ1v) is 6.36. The number of carbonyl (C=O) groups is 1. The molecule has 0 radical (unpaired) electrons. The predicted molar refractivity (Wildman–Crippen MR) is 73.5 cm³/mol. The zero-order valence-electron chi connectivity index (χ0n) is 9.38. The van der Waals surface area contributed by atoms with Gasteiger partial charge in [0.2, 0.25) is 0 Å². The van der Waals surface area contributed by atoms with E-state index in [2.05, 4.69) is 21.2 Å². The molecule has 0 heterocycles. The summed E-state index contributed by atoms with van der Waals surface area (Å²) in [5.41, 5.74) is -0.0579. The first-order valence-electron chi connectivity index (χ1n) is 5.19. The van der Waals surface area contributed by atoms with Gasteiger partial charge in [0.25, 0.3) is 5.91 Å². The highest BCUT2D eigenvalue weighted by Crippen LogP contribution is 2.25. The summed E-state index contributed by atoms with van der Waals surface area (Å²) in [5, 5.41) is 2.39. The van der Waals surface area contributed by atoms with E-state index in [0.717, 1.165) is 6.07 Å². The lowest BCUT2D eigenvalue weighted by atomic mass is 10.2. The molecule has 0 bridgehead atoms. The van der Waals surface area contributed by atoms with E-state index >= 15 is 0 Å². The van der Waals surface area contributed by atoms with Crippen LogP contribution in [-0.2, 0) is 0 Å². The summed E-state index contributed by atoms with van der Waals surface area (Å²) in [6.45, 7) is 0. The van der Waals surface area contributed by atoms with Crippen LogP contribution in [0.15, 0.2) is 40.9 Å². The van der Waals surface area contributed by atoms with Crippen LogP contribution < -0.4 is 5.32 Å². The number of carbonyl (C=O) groups excluding carboxylic acids is 1. The van der Waals surface area contributed by atoms with Gasteiger partial charge in [-0.2, -0.15) is 0 Å². The van der Waals surface area contributed by atoms with Gasteiger partial charge in [0.15, 0.2) is 0 Å². The van der Waals surface area contributed by atoms with Gasteiger partial charge >= 0.3 is 0 Å². The summed E-state index contributed by atoms with van der Waals surface area (Å²) in [4.78, 5) is 11.9. The van der Waals surface area contributed by atoms with Crippen molar-refractivity contribution in [2.75, 3.05) is 5.32 Å². The zero-order valence-corrected chi connectivity index (χ0v) is 11.7. The van der Waals surface area contributed by atoms with Gasteiger partial charge in [-0.3, -0.25) is 4.79 Å². The first-order chi connectivity index (χ1) is 8.99. The molecule has 2 aromatic rings. The minimum Gasteiger partial charge on any atom is -0.318 e. The summed E-state index contributed by atoms with van der Waals surface area (Å²) >= 11 is 8.76. The minimum atomic E-state index is -0.654. The van der Waals surface area contributed by atoms with E-state index in [1.807, 2.05) is 0 Å². The molecule has 0 saturated carbocycles. The largest absolute Gasteiger partial charge is 0.318 e. The lowest BCUT2D eigenvalue weighted by molar-refractivity contribution is 0.102. The van der Waals surface area contributed by atoms with Crippen LogP contribution in [0.4, 0.5) is 14.5 Å². The Hall–Kier alpha value is -1.46. The van der Waals surface area contributed by atoms with Gasteiger partial charge in [-0.25, -0.2) is 8.78 Å². The van der Waals surface area contributed by atoms with Gasteiger partial charge in [0, 0.05) is 5.56 Å². The van der Waals surface area contributed by atoms with Crippen LogP contribution >= 0.6 is 27.5 Å². The van der Waals surface area contributed by atoms with E-state index in [1.54, 1.807) is 0 Å². The van der Waals surface area contributed by atoms with Crippen LogP contribution in [0.25, 0.3) is 0 Å². The molecule has 0 aliphatic carbocycles. The van der Waals surface area contributed by atoms with Gasteiger partial charge in [-0.05, 0) is 46.3 Å². The third kappa shape index (κ3) is 3.11. The lowest BCUT2D eigenvalue weighted by Crippen LogP contribution is -2.13. The van der Waals surface area contributed by atoms with Crippen molar-refractivity contribution in [3.05, 3.63) is 63.1 Å². The highest BCUT2D eigenvalue weighted by atomic mass is 79.9. The molecule has 2 aromatic carbocycles. The quantitative estimate of drug-likeness (QED) is 0.844. The normalized spacial score (nSPS) is 10.3. The van der Waals surface area contributed by atoms with Gasteiger partial charge in [-0.1, -0.05) is 17.7 Å². The molecule has 0 saturated heterocycles. The Kier molecular flexibility index (Phi) is 4.17. The van der Waals surface area contributed by atoms with E-state index < -0.39 is 17.5 Å². The van der Waals surface area contributed by atoms with Crippen molar-refractivity contribution in [2.24, 2.45) is 0 Å². The molecule has 98 valence electrons. The van der Waals surface area contributed by atoms with Crippen molar-refractivity contribution < 1.29 is 13.6 Å². The Labute approximate surface area is 121 Å². The van der Waals surface area contributed by atoms with E-state index in [1.165, 1.54) is 30.3 Å². The number of rotatable bonds is 2. The molecule has 0 fully saturated rings. The second-order valence-corrected chi connectivity index (χ2v) is 4.94. The Balaban J connectivity index is 2.28. The van der Waals surface area contributed by atoms with Crippen molar-refractivity contribution in [3.63, 3.8) is 0 Å². The fourth-order valence-corrected chi connectivity index (χ4v) is 1.90. The summed E-state index contributed by atoms with van der Waals surface area (Å²) < 4.78 is 27.0. The van der Waals surface area contributed by atoms with E-state index in [0.29, 0.717) is 0 Å². The maximum absolute atomic E-state index is 13.5. The second-order valence-electron chi connectivity index (χ2n) is 3.68. The molecule has 0 aliphatic heterocycles. The van der Waals surface area contributed by atoms with E-state index in [-0.39, 0.29) is 20.7 Å².